The molecule has 1 aromatic heterocycles. The smallest absolute Gasteiger partial charge is 0.0356 e. The molecule has 0 atom stereocenters. The molecule has 2 aromatic carbocycles. The maximum atomic E-state index is 3.53. The summed E-state index contributed by atoms with van der Waals surface area (Å²) in [7, 11) is 0. The van der Waals surface area contributed by atoms with Crippen molar-refractivity contribution in [2.24, 2.45) is 0 Å². The van der Waals surface area contributed by atoms with Gasteiger partial charge in [0.1, 0.15) is 0 Å². The highest BCUT2D eigenvalue weighted by Gasteiger charge is 2.04. The van der Waals surface area contributed by atoms with E-state index in [1.807, 2.05) is 11.3 Å². The third-order valence-electron chi connectivity index (χ3n) is 2.59. The Morgan fingerprint density at radius 3 is 2.40 bits per heavy atom. The molecule has 1 heterocycles. The Hall–Kier alpha value is -0.860. The SMILES string of the molecule is Cc1ccc2sc3ccc(Br)cc3c2c1. The summed E-state index contributed by atoms with van der Waals surface area (Å²) < 4.78 is 3.88. The van der Waals surface area contributed by atoms with Crippen LogP contribution in [-0.2, 0) is 0 Å². The summed E-state index contributed by atoms with van der Waals surface area (Å²) in [6.45, 7) is 2.14. The molecule has 0 fully saturated rings. The Balaban J connectivity index is 2.55. The molecule has 0 saturated carbocycles. The van der Waals surface area contributed by atoms with Gasteiger partial charge in [-0.1, -0.05) is 27.6 Å². The van der Waals surface area contributed by atoms with Gasteiger partial charge in [0.2, 0.25) is 0 Å². The summed E-state index contributed by atoms with van der Waals surface area (Å²) in [6, 6.07) is 13.1. The van der Waals surface area contributed by atoms with Crippen molar-refractivity contribution in [1.29, 1.82) is 0 Å². The van der Waals surface area contributed by atoms with Gasteiger partial charge in [-0.3, -0.25) is 0 Å². The molecular formula is C13H9BrS. The van der Waals surface area contributed by atoms with Crippen molar-refractivity contribution in [2.75, 3.05) is 0 Å². The Morgan fingerprint density at radius 1 is 0.933 bits per heavy atom. The third-order valence-corrected chi connectivity index (χ3v) is 4.23. The molecule has 0 N–H and O–H groups in total. The van der Waals surface area contributed by atoms with Gasteiger partial charge in [-0.15, -0.1) is 11.3 Å². The van der Waals surface area contributed by atoms with Gasteiger partial charge in [0.05, 0.1) is 0 Å². The summed E-state index contributed by atoms with van der Waals surface area (Å²) in [5, 5.41) is 2.73. The third kappa shape index (κ3) is 1.48. The van der Waals surface area contributed by atoms with Crippen molar-refractivity contribution in [3.05, 3.63) is 46.4 Å². The number of benzene rings is 2. The summed E-state index contributed by atoms with van der Waals surface area (Å²) in [6.07, 6.45) is 0. The number of halogens is 1. The minimum atomic E-state index is 1.15. The molecule has 15 heavy (non-hydrogen) atoms. The van der Waals surface area contributed by atoms with Crippen LogP contribution in [0.3, 0.4) is 0 Å². The lowest BCUT2D eigenvalue weighted by atomic mass is 10.1. The monoisotopic (exact) mass is 276 g/mol. The van der Waals surface area contributed by atoms with Gasteiger partial charge in [-0.2, -0.15) is 0 Å². The molecule has 3 aromatic rings. The lowest BCUT2D eigenvalue weighted by molar-refractivity contribution is 1.52. The molecule has 0 aliphatic heterocycles. The molecule has 0 nitrogen and oxygen atoms in total. The molecule has 0 bridgehead atoms. The van der Waals surface area contributed by atoms with Crippen molar-refractivity contribution in [2.45, 2.75) is 6.92 Å². The second kappa shape index (κ2) is 3.32. The van der Waals surface area contributed by atoms with Gasteiger partial charge in [0.15, 0.2) is 0 Å². The molecule has 0 radical (unpaired) electrons. The van der Waals surface area contributed by atoms with E-state index in [0.29, 0.717) is 0 Å². The van der Waals surface area contributed by atoms with Crippen LogP contribution in [0, 0.1) is 6.92 Å². The minimum absolute atomic E-state index is 1.15. The van der Waals surface area contributed by atoms with Gasteiger partial charge in [-0.05, 0) is 37.3 Å². The predicted molar refractivity (Wildman–Crippen MR) is 71.8 cm³/mol. The normalized spacial score (nSPS) is 11.3. The molecule has 0 aliphatic rings. The van der Waals surface area contributed by atoms with Crippen LogP contribution >= 0.6 is 27.3 Å². The zero-order valence-electron chi connectivity index (χ0n) is 8.25. The maximum Gasteiger partial charge on any atom is 0.0356 e. The van der Waals surface area contributed by atoms with Crippen LogP contribution < -0.4 is 0 Å². The first-order valence-corrected chi connectivity index (χ1v) is 6.43. The van der Waals surface area contributed by atoms with Crippen LogP contribution in [0.1, 0.15) is 5.56 Å². The van der Waals surface area contributed by atoms with E-state index in [2.05, 4.69) is 59.3 Å². The zero-order chi connectivity index (χ0) is 10.4. The summed E-state index contributed by atoms with van der Waals surface area (Å²) in [5.74, 6) is 0. The number of fused-ring (bicyclic) bond motifs is 3. The lowest BCUT2D eigenvalue weighted by Gasteiger charge is -1.94. The van der Waals surface area contributed by atoms with Gasteiger partial charge < -0.3 is 0 Å². The number of rotatable bonds is 0. The number of aryl methyl sites for hydroxylation is 1. The number of hydrogen-bond acceptors (Lipinski definition) is 1. The topological polar surface area (TPSA) is 0 Å². The van der Waals surface area contributed by atoms with Crippen molar-refractivity contribution in [3.63, 3.8) is 0 Å². The predicted octanol–water partition coefficient (Wildman–Crippen LogP) is 5.13. The fraction of sp³-hybridized carbons (Fsp3) is 0.0769. The molecule has 74 valence electrons. The molecule has 3 rings (SSSR count). The standard InChI is InChI=1S/C13H9BrS/c1-8-2-4-12-10(6-8)11-7-9(14)3-5-13(11)15-12/h2-7H,1H3. The van der Waals surface area contributed by atoms with Crippen molar-refractivity contribution >= 4 is 47.4 Å². The van der Waals surface area contributed by atoms with E-state index in [4.69, 9.17) is 0 Å². The fourth-order valence-corrected chi connectivity index (χ4v) is 3.29. The second-order valence-corrected chi connectivity index (χ2v) is 5.74. The minimum Gasteiger partial charge on any atom is -0.135 e. The van der Waals surface area contributed by atoms with Crippen LogP contribution in [0.25, 0.3) is 20.2 Å². The van der Waals surface area contributed by atoms with Crippen LogP contribution in [-0.4, -0.2) is 0 Å². The van der Waals surface area contributed by atoms with Gasteiger partial charge in [-0.25, -0.2) is 0 Å². The highest BCUT2D eigenvalue weighted by atomic mass is 79.9. The average molecular weight is 277 g/mol. The van der Waals surface area contributed by atoms with Gasteiger partial charge in [0, 0.05) is 24.6 Å². The second-order valence-electron chi connectivity index (χ2n) is 3.74. The van der Waals surface area contributed by atoms with Crippen molar-refractivity contribution < 1.29 is 0 Å². The van der Waals surface area contributed by atoms with Crippen LogP contribution in [0.5, 0.6) is 0 Å². The van der Waals surface area contributed by atoms with Gasteiger partial charge >= 0.3 is 0 Å². The summed E-state index contributed by atoms with van der Waals surface area (Å²) in [5.41, 5.74) is 1.32. The number of hydrogen-bond donors (Lipinski definition) is 0. The van der Waals surface area contributed by atoms with Crippen LogP contribution in [0.15, 0.2) is 40.9 Å². The quantitative estimate of drug-likeness (QED) is 0.534. The van der Waals surface area contributed by atoms with E-state index in [1.165, 1.54) is 25.7 Å². The molecule has 0 unspecified atom stereocenters. The van der Waals surface area contributed by atoms with Crippen molar-refractivity contribution in [3.8, 4) is 0 Å². The largest absolute Gasteiger partial charge is 0.135 e. The first kappa shape index (κ1) is 9.37. The van der Waals surface area contributed by atoms with E-state index >= 15 is 0 Å². The van der Waals surface area contributed by atoms with E-state index in [9.17, 15) is 0 Å². The van der Waals surface area contributed by atoms with E-state index < -0.39 is 0 Å². The first-order chi connectivity index (χ1) is 7.24. The van der Waals surface area contributed by atoms with Crippen molar-refractivity contribution in [1.82, 2.24) is 0 Å². The lowest BCUT2D eigenvalue weighted by Crippen LogP contribution is -1.70. The molecule has 2 heteroatoms. The highest BCUT2D eigenvalue weighted by Crippen LogP contribution is 2.35. The first-order valence-electron chi connectivity index (χ1n) is 4.82. The zero-order valence-corrected chi connectivity index (χ0v) is 10.7. The Morgan fingerprint density at radius 2 is 1.60 bits per heavy atom. The van der Waals surface area contributed by atoms with Crippen LogP contribution in [0.2, 0.25) is 0 Å². The average Bonchev–Trinajstić information content (AvgIpc) is 2.56. The molecule has 0 amide bonds. The molecule has 0 aliphatic carbocycles. The Kier molecular flexibility index (Phi) is 2.08. The van der Waals surface area contributed by atoms with E-state index in [1.54, 1.807) is 0 Å². The molecule has 0 spiro atoms. The highest BCUT2D eigenvalue weighted by molar-refractivity contribution is 9.10. The van der Waals surface area contributed by atoms with Crippen LogP contribution in [0.4, 0.5) is 0 Å². The molecular weight excluding hydrogens is 268 g/mol. The Labute approximate surface area is 101 Å². The maximum absolute atomic E-state index is 3.53. The molecule has 0 saturated heterocycles. The van der Waals surface area contributed by atoms with Gasteiger partial charge in [0.25, 0.3) is 0 Å². The fourth-order valence-electron chi connectivity index (χ4n) is 1.86. The number of thiophene rings is 1. The summed E-state index contributed by atoms with van der Waals surface area (Å²) in [4.78, 5) is 0. The summed E-state index contributed by atoms with van der Waals surface area (Å²) >= 11 is 5.38. The van der Waals surface area contributed by atoms with E-state index in [-0.39, 0.29) is 0 Å². The Bertz CT molecular complexity index is 596. The van der Waals surface area contributed by atoms with E-state index in [0.717, 1.165) is 4.47 Å².